The Kier molecular flexibility index (Phi) is 6.17. The summed E-state index contributed by atoms with van der Waals surface area (Å²) < 4.78 is 6.77. The standard InChI is InChI=1S/C24H30ClNO/c1-2-3-15-26-21-13-14-22(26)17-23(16-21)27-24(18-7-5-4-6-8-18)19-9-11-20(25)12-10-19/h4-12,21-24H,2-3,13-17H2,1H3/t21-,22+,23?,24?. The maximum atomic E-state index is 6.77. The fourth-order valence-electron chi connectivity index (χ4n) is 4.85. The first-order valence-corrected chi connectivity index (χ1v) is 10.8. The van der Waals surface area contributed by atoms with Crippen LogP contribution in [0, 0.1) is 0 Å². The van der Waals surface area contributed by atoms with Gasteiger partial charge in [0.05, 0.1) is 6.10 Å². The highest BCUT2D eigenvalue weighted by molar-refractivity contribution is 6.30. The second kappa shape index (κ2) is 8.77. The third-order valence-corrected chi connectivity index (χ3v) is 6.47. The van der Waals surface area contributed by atoms with E-state index in [1.807, 2.05) is 12.1 Å². The van der Waals surface area contributed by atoms with E-state index in [2.05, 4.69) is 54.3 Å². The zero-order valence-corrected chi connectivity index (χ0v) is 16.9. The number of fused-ring (bicyclic) bond motifs is 2. The van der Waals surface area contributed by atoms with E-state index in [0.29, 0.717) is 18.2 Å². The summed E-state index contributed by atoms with van der Waals surface area (Å²) in [7, 11) is 0. The molecular formula is C24H30ClNO. The normalized spacial score (nSPS) is 26.2. The number of ether oxygens (including phenoxy) is 1. The van der Waals surface area contributed by atoms with E-state index >= 15 is 0 Å². The molecule has 2 bridgehead atoms. The summed E-state index contributed by atoms with van der Waals surface area (Å²) >= 11 is 6.11. The van der Waals surface area contributed by atoms with E-state index in [1.165, 1.54) is 43.4 Å². The quantitative estimate of drug-likeness (QED) is 0.560. The van der Waals surface area contributed by atoms with Crippen molar-refractivity contribution in [3.63, 3.8) is 0 Å². The van der Waals surface area contributed by atoms with Gasteiger partial charge in [0, 0.05) is 17.1 Å². The highest BCUT2D eigenvalue weighted by atomic mass is 35.5. The first-order valence-electron chi connectivity index (χ1n) is 10.5. The minimum Gasteiger partial charge on any atom is -0.365 e. The van der Waals surface area contributed by atoms with E-state index in [9.17, 15) is 0 Å². The number of rotatable bonds is 7. The van der Waals surface area contributed by atoms with Crippen molar-refractivity contribution in [2.75, 3.05) is 6.54 Å². The van der Waals surface area contributed by atoms with Gasteiger partial charge in [-0.1, -0.05) is 67.4 Å². The summed E-state index contributed by atoms with van der Waals surface area (Å²) in [6, 6.07) is 20.2. The lowest BCUT2D eigenvalue weighted by atomic mass is 9.97. The fraction of sp³-hybridized carbons (Fsp3) is 0.500. The Morgan fingerprint density at radius 1 is 0.963 bits per heavy atom. The molecule has 0 spiro atoms. The highest BCUT2D eigenvalue weighted by Crippen LogP contribution is 2.39. The lowest BCUT2D eigenvalue weighted by Crippen LogP contribution is -2.46. The van der Waals surface area contributed by atoms with Gasteiger partial charge in [-0.2, -0.15) is 0 Å². The third-order valence-electron chi connectivity index (χ3n) is 6.21. The largest absolute Gasteiger partial charge is 0.365 e. The topological polar surface area (TPSA) is 12.5 Å². The Bertz CT molecular complexity index is 703. The number of hydrogen-bond acceptors (Lipinski definition) is 2. The monoisotopic (exact) mass is 383 g/mol. The predicted molar refractivity (Wildman–Crippen MR) is 112 cm³/mol. The molecular weight excluding hydrogens is 354 g/mol. The molecule has 0 saturated carbocycles. The Morgan fingerprint density at radius 3 is 2.22 bits per heavy atom. The number of halogens is 1. The minimum absolute atomic E-state index is 0.0185. The van der Waals surface area contributed by atoms with Crippen molar-refractivity contribution in [1.29, 1.82) is 0 Å². The van der Waals surface area contributed by atoms with Crippen LogP contribution >= 0.6 is 11.6 Å². The van der Waals surface area contributed by atoms with Gasteiger partial charge in [-0.25, -0.2) is 0 Å². The smallest absolute Gasteiger partial charge is 0.108 e. The molecule has 27 heavy (non-hydrogen) atoms. The first kappa shape index (κ1) is 19.0. The van der Waals surface area contributed by atoms with Gasteiger partial charge >= 0.3 is 0 Å². The molecule has 2 saturated heterocycles. The molecule has 2 nitrogen and oxygen atoms in total. The Balaban J connectivity index is 1.50. The number of piperidine rings is 1. The van der Waals surface area contributed by atoms with Gasteiger partial charge in [0.25, 0.3) is 0 Å². The van der Waals surface area contributed by atoms with Crippen LogP contribution in [0.5, 0.6) is 0 Å². The van der Waals surface area contributed by atoms with Crippen molar-refractivity contribution >= 4 is 11.6 Å². The van der Waals surface area contributed by atoms with Gasteiger partial charge in [-0.3, -0.25) is 4.90 Å². The molecule has 0 aliphatic carbocycles. The van der Waals surface area contributed by atoms with Gasteiger partial charge in [0.1, 0.15) is 6.10 Å². The zero-order valence-electron chi connectivity index (χ0n) is 16.2. The molecule has 2 heterocycles. The van der Waals surface area contributed by atoms with Gasteiger partial charge in [-0.15, -0.1) is 0 Å². The van der Waals surface area contributed by atoms with Gasteiger partial charge in [0.2, 0.25) is 0 Å². The van der Waals surface area contributed by atoms with Crippen LogP contribution in [-0.2, 0) is 4.74 Å². The van der Waals surface area contributed by atoms with Crippen LogP contribution in [0.2, 0.25) is 5.02 Å². The van der Waals surface area contributed by atoms with E-state index in [1.54, 1.807) is 0 Å². The van der Waals surface area contributed by atoms with E-state index in [4.69, 9.17) is 16.3 Å². The van der Waals surface area contributed by atoms with Gasteiger partial charge in [-0.05, 0) is 61.9 Å². The first-order chi connectivity index (χ1) is 13.2. The average molecular weight is 384 g/mol. The van der Waals surface area contributed by atoms with E-state index < -0.39 is 0 Å². The van der Waals surface area contributed by atoms with E-state index in [-0.39, 0.29) is 6.10 Å². The molecule has 3 heteroatoms. The fourth-order valence-corrected chi connectivity index (χ4v) is 4.97. The van der Waals surface area contributed by atoms with Crippen molar-refractivity contribution in [3.8, 4) is 0 Å². The molecule has 0 radical (unpaired) electrons. The van der Waals surface area contributed by atoms with Gasteiger partial charge in [0.15, 0.2) is 0 Å². The molecule has 2 aliphatic heterocycles. The molecule has 2 fully saturated rings. The van der Waals surface area contributed by atoms with Crippen LogP contribution in [0.15, 0.2) is 54.6 Å². The molecule has 2 aliphatic rings. The number of hydrogen-bond donors (Lipinski definition) is 0. The van der Waals surface area contributed by atoms with Crippen LogP contribution in [0.3, 0.4) is 0 Å². The summed E-state index contributed by atoms with van der Waals surface area (Å²) in [5.74, 6) is 0. The van der Waals surface area contributed by atoms with Crippen LogP contribution in [0.1, 0.15) is 62.7 Å². The third kappa shape index (κ3) is 4.39. The van der Waals surface area contributed by atoms with Crippen molar-refractivity contribution in [2.45, 2.75) is 69.7 Å². The SMILES string of the molecule is CCCCN1[C@@H]2CC[C@H]1CC(OC(c1ccccc1)c1ccc(Cl)cc1)C2. The zero-order chi connectivity index (χ0) is 18.6. The Morgan fingerprint density at radius 2 is 1.59 bits per heavy atom. The maximum Gasteiger partial charge on any atom is 0.108 e. The lowest BCUT2D eigenvalue weighted by Gasteiger charge is -2.40. The second-order valence-electron chi connectivity index (χ2n) is 8.05. The summed E-state index contributed by atoms with van der Waals surface area (Å²) in [4.78, 5) is 2.77. The van der Waals surface area contributed by atoms with Crippen molar-refractivity contribution in [3.05, 3.63) is 70.7 Å². The Hall–Kier alpha value is -1.35. The minimum atomic E-state index is -0.0185. The molecule has 0 N–H and O–H groups in total. The second-order valence-corrected chi connectivity index (χ2v) is 8.48. The van der Waals surface area contributed by atoms with Crippen LogP contribution < -0.4 is 0 Å². The van der Waals surface area contributed by atoms with Crippen LogP contribution in [-0.4, -0.2) is 29.6 Å². The number of unbranched alkanes of at least 4 members (excludes halogenated alkanes) is 1. The van der Waals surface area contributed by atoms with Crippen molar-refractivity contribution in [2.24, 2.45) is 0 Å². The summed E-state index contributed by atoms with van der Waals surface area (Å²) in [6.07, 6.45) is 7.92. The molecule has 2 aromatic rings. The summed E-state index contributed by atoms with van der Waals surface area (Å²) in [5.41, 5.74) is 2.41. The Labute approximate surface area is 168 Å². The molecule has 4 atom stereocenters. The molecule has 0 aromatic heterocycles. The average Bonchev–Trinajstić information content (AvgIpc) is 2.94. The lowest BCUT2D eigenvalue weighted by molar-refractivity contribution is -0.0483. The highest BCUT2D eigenvalue weighted by Gasteiger charge is 2.41. The van der Waals surface area contributed by atoms with Crippen LogP contribution in [0.4, 0.5) is 0 Å². The molecule has 2 aromatic carbocycles. The number of nitrogens with zero attached hydrogens (tertiary/aromatic N) is 1. The molecule has 0 amide bonds. The molecule has 4 rings (SSSR count). The van der Waals surface area contributed by atoms with Crippen molar-refractivity contribution in [1.82, 2.24) is 4.90 Å². The maximum absolute atomic E-state index is 6.77. The molecule has 2 unspecified atom stereocenters. The summed E-state index contributed by atoms with van der Waals surface area (Å²) in [5, 5.41) is 0.771. The predicted octanol–water partition coefficient (Wildman–Crippen LogP) is 6.24. The van der Waals surface area contributed by atoms with Crippen molar-refractivity contribution < 1.29 is 4.74 Å². The molecule has 144 valence electrons. The van der Waals surface area contributed by atoms with Crippen LogP contribution in [0.25, 0.3) is 0 Å². The van der Waals surface area contributed by atoms with E-state index in [0.717, 1.165) is 17.9 Å². The van der Waals surface area contributed by atoms with Gasteiger partial charge < -0.3 is 4.74 Å². The number of benzene rings is 2. The summed E-state index contributed by atoms with van der Waals surface area (Å²) in [6.45, 7) is 3.55.